The summed E-state index contributed by atoms with van der Waals surface area (Å²) < 4.78 is 52.8. The number of nitrogens with zero attached hydrogens (tertiary/aromatic N) is 6. The normalized spacial score (nSPS) is 19.6. The van der Waals surface area contributed by atoms with Crippen molar-refractivity contribution in [3.8, 4) is 11.4 Å². The molecule has 226 valence electrons. The molecule has 0 radical (unpaired) electrons. The Balaban J connectivity index is 1.34. The van der Waals surface area contributed by atoms with Gasteiger partial charge in [0.2, 0.25) is 0 Å². The van der Waals surface area contributed by atoms with Crippen LogP contribution in [0.3, 0.4) is 0 Å². The molecule has 4 aromatic rings. The monoisotopic (exact) mass is 592 g/mol. The molecule has 0 saturated carbocycles. The van der Waals surface area contributed by atoms with Gasteiger partial charge in [-0.3, -0.25) is 9.80 Å². The zero-order chi connectivity index (χ0) is 29.8. The lowest BCUT2D eigenvalue weighted by molar-refractivity contribution is -0.146. The summed E-state index contributed by atoms with van der Waals surface area (Å²) in [6.07, 6.45) is -2.43. The average molecular weight is 593 g/mol. The molecule has 2 atom stereocenters. The van der Waals surface area contributed by atoms with Gasteiger partial charge < -0.3 is 9.47 Å². The topological polar surface area (TPSA) is 68.5 Å². The van der Waals surface area contributed by atoms with Crippen molar-refractivity contribution < 1.29 is 22.6 Å². The van der Waals surface area contributed by atoms with E-state index in [1.54, 1.807) is 25.3 Å². The molecule has 0 aliphatic carbocycles. The summed E-state index contributed by atoms with van der Waals surface area (Å²) in [5, 5.41) is 10.2. The second-order valence-electron chi connectivity index (χ2n) is 11.1. The van der Waals surface area contributed by atoms with Gasteiger partial charge in [-0.2, -0.15) is 17.9 Å². The Morgan fingerprint density at radius 3 is 2.33 bits per heavy atom. The number of hydrogen-bond acceptors (Lipinski definition) is 7. The van der Waals surface area contributed by atoms with Crippen LogP contribution in [0.5, 0.6) is 5.75 Å². The van der Waals surface area contributed by atoms with E-state index < -0.39 is 12.0 Å². The highest BCUT2D eigenvalue weighted by Crippen LogP contribution is 2.38. The van der Waals surface area contributed by atoms with Gasteiger partial charge in [-0.05, 0) is 59.1 Å². The highest BCUT2D eigenvalue weighted by Gasteiger charge is 2.42. The number of aromatic nitrogens is 4. The lowest BCUT2D eigenvalue weighted by Gasteiger charge is -2.47. The Morgan fingerprint density at radius 2 is 1.65 bits per heavy atom. The number of tetrazole rings is 1. The van der Waals surface area contributed by atoms with Crippen molar-refractivity contribution in [3.05, 3.63) is 101 Å². The van der Waals surface area contributed by atoms with Crippen molar-refractivity contribution in [1.82, 2.24) is 30.0 Å². The number of piperazine rings is 1. The molecule has 6 rings (SSSR count). The fourth-order valence-electron chi connectivity index (χ4n) is 6.59. The van der Waals surface area contributed by atoms with Crippen molar-refractivity contribution in [2.75, 3.05) is 40.0 Å². The Labute approximate surface area is 249 Å². The maximum atomic E-state index is 13.6. The maximum absolute atomic E-state index is 13.6. The largest absolute Gasteiger partial charge is 0.491 e. The number of benzene rings is 3. The van der Waals surface area contributed by atoms with Crippen LogP contribution in [-0.4, -0.2) is 82.0 Å². The smallest absolute Gasteiger partial charge is 0.453 e. The summed E-state index contributed by atoms with van der Waals surface area (Å²) in [6.45, 7) is 3.95. The third-order valence-corrected chi connectivity index (χ3v) is 8.42. The van der Waals surface area contributed by atoms with E-state index in [2.05, 4.69) is 73.9 Å². The molecule has 3 heterocycles. The van der Waals surface area contributed by atoms with E-state index in [0.717, 1.165) is 42.7 Å². The predicted molar refractivity (Wildman–Crippen MR) is 155 cm³/mol. The van der Waals surface area contributed by atoms with Gasteiger partial charge in [-0.25, -0.2) is 0 Å². The van der Waals surface area contributed by atoms with E-state index in [1.165, 1.54) is 11.1 Å². The predicted octanol–water partition coefficient (Wildman–Crippen LogP) is 5.19. The van der Waals surface area contributed by atoms with Crippen LogP contribution in [-0.2, 0) is 17.5 Å². The Hall–Kier alpha value is -3.80. The van der Waals surface area contributed by atoms with E-state index in [0.29, 0.717) is 31.5 Å². The van der Waals surface area contributed by atoms with Gasteiger partial charge in [0.25, 0.3) is 5.82 Å². The van der Waals surface area contributed by atoms with Crippen LogP contribution < -0.4 is 4.74 Å². The van der Waals surface area contributed by atoms with Gasteiger partial charge in [-0.1, -0.05) is 60.7 Å². The summed E-state index contributed by atoms with van der Waals surface area (Å²) in [6, 6.07) is 26.9. The van der Waals surface area contributed by atoms with Crippen LogP contribution in [0, 0.1) is 0 Å². The van der Waals surface area contributed by atoms with E-state index in [9.17, 15) is 13.2 Å². The molecular weight excluding hydrogens is 557 g/mol. The second-order valence-corrected chi connectivity index (χ2v) is 11.1. The molecular formula is C32H35F3N6O2. The van der Waals surface area contributed by atoms with Gasteiger partial charge in [0, 0.05) is 50.3 Å². The van der Waals surface area contributed by atoms with Crippen molar-refractivity contribution in [1.29, 1.82) is 0 Å². The molecule has 0 amide bonds. The van der Waals surface area contributed by atoms with Gasteiger partial charge in [0.15, 0.2) is 0 Å². The molecule has 2 fully saturated rings. The third-order valence-electron chi connectivity index (χ3n) is 8.42. The first-order valence-electron chi connectivity index (χ1n) is 14.6. The van der Waals surface area contributed by atoms with Gasteiger partial charge in [0.1, 0.15) is 12.4 Å². The van der Waals surface area contributed by atoms with Gasteiger partial charge in [-0.15, -0.1) is 5.10 Å². The number of methoxy groups -OCH3 is 1. The molecule has 2 aliphatic rings. The highest BCUT2D eigenvalue weighted by molar-refractivity contribution is 5.44. The van der Waals surface area contributed by atoms with Crippen molar-refractivity contribution in [2.24, 2.45) is 0 Å². The van der Waals surface area contributed by atoms with E-state index in [1.807, 2.05) is 12.1 Å². The summed E-state index contributed by atoms with van der Waals surface area (Å²) >= 11 is 0. The van der Waals surface area contributed by atoms with Crippen molar-refractivity contribution >= 4 is 0 Å². The molecule has 3 aromatic carbocycles. The molecule has 2 aliphatic heterocycles. The zero-order valence-electron chi connectivity index (χ0n) is 24.0. The lowest BCUT2D eigenvalue weighted by atomic mass is 9.82. The highest BCUT2D eigenvalue weighted by atomic mass is 19.4. The van der Waals surface area contributed by atoms with Crippen LogP contribution in [0.15, 0.2) is 78.9 Å². The fraction of sp³-hybridized carbons (Fsp3) is 0.406. The van der Waals surface area contributed by atoms with Crippen LogP contribution in [0.4, 0.5) is 13.2 Å². The molecule has 1 unspecified atom stereocenters. The van der Waals surface area contributed by atoms with Gasteiger partial charge >= 0.3 is 6.18 Å². The van der Waals surface area contributed by atoms with Gasteiger partial charge in [0.05, 0.1) is 12.3 Å². The number of halogens is 3. The van der Waals surface area contributed by atoms with E-state index in [-0.39, 0.29) is 17.6 Å². The minimum absolute atomic E-state index is 0.171. The van der Waals surface area contributed by atoms with Crippen LogP contribution in [0.1, 0.15) is 41.3 Å². The number of hydrogen-bond donors (Lipinski definition) is 0. The molecule has 1 aromatic heterocycles. The molecule has 43 heavy (non-hydrogen) atoms. The van der Waals surface area contributed by atoms with Crippen molar-refractivity contribution in [2.45, 2.75) is 43.6 Å². The second kappa shape index (κ2) is 12.8. The number of alkyl halides is 3. The Morgan fingerprint density at radius 1 is 0.930 bits per heavy atom. The Kier molecular flexibility index (Phi) is 8.73. The Bertz CT molecular complexity index is 1440. The fourth-order valence-corrected chi connectivity index (χ4v) is 6.59. The number of ether oxygens (including phenoxy) is 2. The third kappa shape index (κ3) is 6.43. The first-order chi connectivity index (χ1) is 20.9. The number of fused-ring (bicyclic) bond motifs is 1. The SMILES string of the molecule is COCCOc1ccc(-n2nnnc2C(F)(F)F)cc1CN1CC(C(c2ccccc2)c2ccccc2)N2CCC[C@H]2C1. The molecule has 0 spiro atoms. The lowest BCUT2D eigenvalue weighted by Crippen LogP contribution is -2.57. The zero-order valence-corrected chi connectivity index (χ0v) is 24.0. The summed E-state index contributed by atoms with van der Waals surface area (Å²) in [5.74, 6) is -0.389. The average Bonchev–Trinajstić information content (AvgIpc) is 3.70. The van der Waals surface area contributed by atoms with Crippen molar-refractivity contribution in [3.63, 3.8) is 0 Å². The maximum Gasteiger partial charge on any atom is 0.453 e. The first kappa shape index (κ1) is 29.3. The molecule has 0 bridgehead atoms. The quantitative estimate of drug-likeness (QED) is 0.235. The molecule has 0 N–H and O–H groups in total. The van der Waals surface area contributed by atoms with Crippen LogP contribution >= 0.6 is 0 Å². The summed E-state index contributed by atoms with van der Waals surface area (Å²) in [7, 11) is 1.60. The van der Waals surface area contributed by atoms with E-state index in [4.69, 9.17) is 9.47 Å². The number of rotatable bonds is 10. The minimum atomic E-state index is -4.69. The van der Waals surface area contributed by atoms with Crippen LogP contribution in [0.2, 0.25) is 0 Å². The molecule has 11 heteroatoms. The summed E-state index contributed by atoms with van der Waals surface area (Å²) in [5.41, 5.74) is 3.55. The summed E-state index contributed by atoms with van der Waals surface area (Å²) in [4.78, 5) is 5.09. The first-order valence-corrected chi connectivity index (χ1v) is 14.6. The molecule has 8 nitrogen and oxygen atoms in total. The van der Waals surface area contributed by atoms with Crippen LogP contribution in [0.25, 0.3) is 5.69 Å². The minimum Gasteiger partial charge on any atom is -0.491 e. The standard InChI is InChI=1S/C32H35F3N6O2/c1-42-17-18-43-29-15-14-26(41-31(32(33,34)35)36-37-38-41)19-25(29)20-39-21-27-13-8-16-40(27)28(22-39)30(23-9-4-2-5-10-23)24-11-6-3-7-12-24/h2-7,9-12,14-15,19,27-28,30H,8,13,16-18,20-22H2,1H3/t27-,28?/m0/s1. The van der Waals surface area contributed by atoms with E-state index >= 15 is 0 Å². The molecule has 2 saturated heterocycles.